The molecule has 0 saturated carbocycles. The molecule has 0 atom stereocenters. The highest BCUT2D eigenvalue weighted by atomic mass is 79.9. The van der Waals surface area contributed by atoms with Crippen LogP contribution in [0.3, 0.4) is 0 Å². The molecule has 0 saturated heterocycles. The van der Waals surface area contributed by atoms with Gasteiger partial charge < -0.3 is 20.8 Å². The van der Waals surface area contributed by atoms with E-state index in [1.165, 1.54) is 24.4 Å². The van der Waals surface area contributed by atoms with E-state index < -0.39 is 5.91 Å². The van der Waals surface area contributed by atoms with Gasteiger partial charge in [0.25, 0.3) is 5.91 Å². The average molecular weight is 369 g/mol. The number of hydrogen-bond acceptors (Lipinski definition) is 5. The van der Waals surface area contributed by atoms with E-state index in [9.17, 15) is 20.1 Å². The number of phenolic OH excluding ortho intramolecular Hbond substituents is 3. The van der Waals surface area contributed by atoms with Gasteiger partial charge in [0.05, 0.1) is 6.21 Å². The minimum Gasteiger partial charge on any atom is -0.508 e. The highest BCUT2D eigenvalue weighted by Crippen LogP contribution is 2.21. The lowest BCUT2D eigenvalue weighted by atomic mass is 10.2. The van der Waals surface area contributed by atoms with Crippen LogP contribution in [0.4, 0.5) is 0 Å². The van der Waals surface area contributed by atoms with Crippen LogP contribution in [-0.4, -0.2) is 32.9 Å². The van der Waals surface area contributed by atoms with Crippen molar-refractivity contribution in [1.82, 2.24) is 5.43 Å². The summed E-state index contributed by atoms with van der Waals surface area (Å²) in [5, 5.41) is 31.9. The second-order valence-corrected chi connectivity index (χ2v) is 5.06. The van der Waals surface area contributed by atoms with E-state index in [1.54, 1.807) is 12.1 Å². The molecule has 0 aliphatic rings. The number of carbonyl (C=O) groups excluding carboxylic acids is 1. The number of halogens is 1. The molecule has 0 radical (unpaired) electrons. The van der Waals surface area contributed by atoms with Crippen LogP contribution in [0.5, 0.6) is 17.2 Å². The van der Waals surface area contributed by atoms with Crippen molar-refractivity contribution in [3.63, 3.8) is 0 Å². The number of rotatable bonds is 3. The fourth-order valence-electron chi connectivity index (χ4n) is 1.58. The predicted octanol–water partition coefficient (Wildman–Crippen LogP) is 1.51. The zero-order chi connectivity index (χ0) is 15.4. The number of aromatic hydroxyl groups is 3. The zero-order valence-corrected chi connectivity index (χ0v) is 12.7. The van der Waals surface area contributed by atoms with Gasteiger partial charge >= 0.3 is 0 Å². The van der Waals surface area contributed by atoms with Crippen LogP contribution < -0.4 is 5.43 Å². The van der Waals surface area contributed by atoms with Gasteiger partial charge in [0.15, 0.2) is 0 Å². The standard InChI is InChI=1S/C14H11BrN2O4.H2O/c15-10-1-2-13(20)9(3-10)7-16-17-14(21)8-4-11(18)6-12(19)5-8;/h1-7,18-20H,(H,17,21);1H2/b16-7+;. The van der Waals surface area contributed by atoms with Gasteiger partial charge in [-0.1, -0.05) is 15.9 Å². The summed E-state index contributed by atoms with van der Waals surface area (Å²) in [7, 11) is 0. The van der Waals surface area contributed by atoms with Gasteiger partial charge in [0.2, 0.25) is 0 Å². The van der Waals surface area contributed by atoms with Gasteiger partial charge in [-0.2, -0.15) is 5.10 Å². The van der Waals surface area contributed by atoms with Crippen molar-refractivity contribution in [3.05, 3.63) is 52.0 Å². The molecule has 22 heavy (non-hydrogen) atoms. The molecule has 116 valence electrons. The molecule has 2 aromatic rings. The quantitative estimate of drug-likeness (QED) is 0.482. The number of nitrogens with one attached hydrogen (secondary N) is 1. The summed E-state index contributed by atoms with van der Waals surface area (Å²) in [6.45, 7) is 0. The van der Waals surface area contributed by atoms with Crippen molar-refractivity contribution < 1.29 is 25.6 Å². The van der Waals surface area contributed by atoms with Crippen LogP contribution in [0, 0.1) is 0 Å². The number of amides is 1. The van der Waals surface area contributed by atoms with E-state index in [0.29, 0.717) is 5.56 Å². The van der Waals surface area contributed by atoms with Gasteiger partial charge in [-0.3, -0.25) is 4.79 Å². The summed E-state index contributed by atoms with van der Waals surface area (Å²) >= 11 is 3.25. The molecule has 0 fully saturated rings. The van der Waals surface area contributed by atoms with Crippen molar-refractivity contribution in [2.75, 3.05) is 0 Å². The molecule has 2 aromatic carbocycles. The first-order valence-electron chi connectivity index (χ1n) is 5.80. The maximum Gasteiger partial charge on any atom is 0.271 e. The van der Waals surface area contributed by atoms with Crippen LogP contribution in [0.25, 0.3) is 0 Å². The SMILES string of the molecule is O.O=C(N/N=C/c1cc(Br)ccc1O)c1cc(O)cc(O)c1. The van der Waals surface area contributed by atoms with Crippen LogP contribution in [0.1, 0.15) is 15.9 Å². The van der Waals surface area contributed by atoms with Gasteiger partial charge in [-0.05, 0) is 30.3 Å². The normalized spacial score (nSPS) is 10.2. The Bertz CT molecular complexity index is 698. The number of benzene rings is 2. The second kappa shape index (κ2) is 7.43. The van der Waals surface area contributed by atoms with Gasteiger partial charge in [-0.15, -0.1) is 0 Å². The van der Waals surface area contributed by atoms with Crippen molar-refractivity contribution in [2.24, 2.45) is 5.10 Å². The third-order valence-electron chi connectivity index (χ3n) is 2.52. The molecular weight excluding hydrogens is 356 g/mol. The summed E-state index contributed by atoms with van der Waals surface area (Å²) < 4.78 is 0.756. The largest absolute Gasteiger partial charge is 0.508 e. The molecule has 0 heterocycles. The summed E-state index contributed by atoms with van der Waals surface area (Å²) in [6, 6.07) is 8.29. The molecule has 0 aliphatic carbocycles. The molecule has 0 bridgehead atoms. The Hall–Kier alpha value is -2.58. The van der Waals surface area contributed by atoms with Crippen LogP contribution in [-0.2, 0) is 0 Å². The highest BCUT2D eigenvalue weighted by molar-refractivity contribution is 9.10. The van der Waals surface area contributed by atoms with Crippen molar-refractivity contribution in [2.45, 2.75) is 0 Å². The predicted molar refractivity (Wildman–Crippen MR) is 84.3 cm³/mol. The fraction of sp³-hybridized carbons (Fsp3) is 0. The Morgan fingerprint density at radius 2 is 1.73 bits per heavy atom. The van der Waals surface area contributed by atoms with Crippen LogP contribution >= 0.6 is 15.9 Å². The Labute approximate surface area is 134 Å². The summed E-state index contributed by atoms with van der Waals surface area (Å²) in [5.41, 5.74) is 2.71. The third kappa shape index (κ3) is 4.47. The zero-order valence-electron chi connectivity index (χ0n) is 11.1. The molecule has 6 N–H and O–H groups in total. The minimum absolute atomic E-state index is 0. The number of hydrazone groups is 1. The highest BCUT2D eigenvalue weighted by Gasteiger charge is 2.07. The van der Waals surface area contributed by atoms with Gasteiger partial charge in [-0.25, -0.2) is 5.43 Å². The van der Waals surface area contributed by atoms with E-state index in [0.717, 1.165) is 10.5 Å². The molecule has 2 rings (SSSR count). The monoisotopic (exact) mass is 368 g/mol. The van der Waals surface area contributed by atoms with Crippen molar-refractivity contribution >= 4 is 28.1 Å². The summed E-state index contributed by atoms with van der Waals surface area (Å²) in [6.07, 6.45) is 1.28. The number of hydrogen-bond donors (Lipinski definition) is 4. The Morgan fingerprint density at radius 1 is 1.09 bits per heavy atom. The third-order valence-corrected chi connectivity index (χ3v) is 3.02. The Balaban J connectivity index is 0.00000242. The molecule has 0 unspecified atom stereocenters. The first kappa shape index (κ1) is 17.5. The fourth-order valence-corrected chi connectivity index (χ4v) is 1.96. The van der Waals surface area contributed by atoms with E-state index in [1.807, 2.05) is 0 Å². The lowest BCUT2D eigenvalue weighted by Gasteiger charge is -2.02. The molecule has 7 nitrogen and oxygen atoms in total. The number of carbonyl (C=O) groups is 1. The minimum atomic E-state index is -0.605. The molecule has 0 aromatic heterocycles. The lowest BCUT2D eigenvalue weighted by molar-refractivity contribution is 0.0954. The summed E-state index contributed by atoms with van der Waals surface area (Å²) in [5.74, 6) is -1.04. The lowest BCUT2D eigenvalue weighted by Crippen LogP contribution is -2.17. The Kier molecular flexibility index (Phi) is 5.90. The van der Waals surface area contributed by atoms with E-state index in [-0.39, 0.29) is 28.3 Å². The molecule has 8 heteroatoms. The first-order chi connectivity index (χ1) is 9.95. The number of phenols is 3. The van der Waals surface area contributed by atoms with Crippen LogP contribution in [0.2, 0.25) is 0 Å². The van der Waals surface area contributed by atoms with Crippen LogP contribution in [0.15, 0.2) is 46.0 Å². The average Bonchev–Trinajstić information content (AvgIpc) is 2.41. The molecule has 1 amide bonds. The van der Waals surface area contributed by atoms with E-state index in [2.05, 4.69) is 26.5 Å². The van der Waals surface area contributed by atoms with Gasteiger partial charge in [0.1, 0.15) is 17.2 Å². The van der Waals surface area contributed by atoms with Crippen molar-refractivity contribution in [3.8, 4) is 17.2 Å². The van der Waals surface area contributed by atoms with Crippen molar-refractivity contribution in [1.29, 1.82) is 0 Å². The molecular formula is C14H13BrN2O5. The maximum atomic E-state index is 11.8. The topological polar surface area (TPSA) is 134 Å². The summed E-state index contributed by atoms with van der Waals surface area (Å²) in [4.78, 5) is 11.8. The second-order valence-electron chi connectivity index (χ2n) is 4.14. The number of nitrogens with zero attached hydrogens (tertiary/aromatic N) is 1. The van der Waals surface area contributed by atoms with E-state index >= 15 is 0 Å². The molecule has 0 aliphatic heterocycles. The first-order valence-corrected chi connectivity index (χ1v) is 6.60. The molecule has 0 spiro atoms. The smallest absolute Gasteiger partial charge is 0.271 e. The maximum absolute atomic E-state index is 11.8. The van der Waals surface area contributed by atoms with Gasteiger partial charge in [0, 0.05) is 21.7 Å². The van der Waals surface area contributed by atoms with E-state index in [4.69, 9.17) is 0 Å². The Morgan fingerprint density at radius 3 is 2.36 bits per heavy atom.